The van der Waals surface area contributed by atoms with Crippen molar-refractivity contribution in [3.8, 4) is 5.75 Å². The fraction of sp³-hybridized carbons (Fsp3) is 0.360. The number of rotatable bonds is 7. The molecule has 0 unspecified atom stereocenters. The maximum Gasteiger partial charge on any atom is 0.418 e. The van der Waals surface area contributed by atoms with Gasteiger partial charge in [0.1, 0.15) is 12.4 Å². The van der Waals surface area contributed by atoms with Gasteiger partial charge in [0, 0.05) is 29.6 Å². The van der Waals surface area contributed by atoms with Gasteiger partial charge in [0.15, 0.2) is 0 Å². The second-order valence-corrected chi connectivity index (χ2v) is 8.13. The van der Waals surface area contributed by atoms with E-state index in [-0.39, 0.29) is 12.1 Å². The summed E-state index contributed by atoms with van der Waals surface area (Å²) in [6.07, 6.45) is 0.0952. The highest BCUT2D eigenvalue weighted by atomic mass is 19.4. The van der Waals surface area contributed by atoms with Gasteiger partial charge in [-0.2, -0.15) is 13.2 Å². The minimum atomic E-state index is -4.50. The lowest BCUT2D eigenvalue weighted by molar-refractivity contribution is -0.0848. The number of alkyl halides is 3. The van der Waals surface area contributed by atoms with Crippen molar-refractivity contribution in [3.05, 3.63) is 65.2 Å². The Hall–Kier alpha value is -3.13. The van der Waals surface area contributed by atoms with E-state index in [0.717, 1.165) is 25.8 Å². The van der Waals surface area contributed by atoms with Crippen molar-refractivity contribution >= 4 is 23.4 Å². The topological polar surface area (TPSA) is 53.9 Å². The van der Waals surface area contributed by atoms with Crippen LogP contribution < -0.4 is 10.1 Å². The van der Waals surface area contributed by atoms with Crippen LogP contribution in [0, 0.1) is 0 Å². The van der Waals surface area contributed by atoms with E-state index in [2.05, 4.69) is 15.2 Å². The second kappa shape index (κ2) is 10.2. The quantitative estimate of drug-likeness (QED) is 0.622. The van der Waals surface area contributed by atoms with Gasteiger partial charge >= 0.3 is 6.18 Å². The van der Waals surface area contributed by atoms with Gasteiger partial charge in [-0.05, 0) is 61.8 Å². The summed E-state index contributed by atoms with van der Waals surface area (Å²) >= 11 is 0. The smallest absolute Gasteiger partial charge is 0.418 e. The molecule has 2 aromatic carbocycles. The summed E-state index contributed by atoms with van der Waals surface area (Å²) in [6.45, 7) is 3.59. The fourth-order valence-corrected chi connectivity index (χ4v) is 4.09. The second-order valence-electron chi connectivity index (χ2n) is 8.13. The molecule has 1 N–H and O–H groups in total. The zero-order valence-corrected chi connectivity index (χ0v) is 18.2. The zero-order chi connectivity index (χ0) is 23.3. The monoisotopic (exact) mass is 457 g/mol. The molecule has 2 aliphatic heterocycles. The molecule has 0 bridgehead atoms. The maximum atomic E-state index is 13.3. The molecule has 1 fully saturated rings. The van der Waals surface area contributed by atoms with Crippen LogP contribution in [0.15, 0.2) is 59.1 Å². The number of likely N-dealkylation sites (tertiary alicyclic amines) is 1. The number of anilines is 1. The highest BCUT2D eigenvalue weighted by Crippen LogP contribution is 2.37. The van der Waals surface area contributed by atoms with Crippen LogP contribution in [-0.4, -0.2) is 56.0 Å². The lowest BCUT2D eigenvalue weighted by Crippen LogP contribution is -2.33. The van der Waals surface area contributed by atoms with Crippen molar-refractivity contribution < 1.29 is 22.7 Å². The molecule has 174 valence electrons. The van der Waals surface area contributed by atoms with Crippen LogP contribution in [-0.2, 0) is 0 Å². The Labute approximate surface area is 191 Å². The SMILES string of the molecule is O=C(Nc1ccccc1C1=C(C(F)(F)F)C=NC1)c1ccc(OCCN2CCCCC2)cc1. The predicted molar refractivity (Wildman–Crippen MR) is 123 cm³/mol. The molecule has 0 spiro atoms. The number of hydrogen-bond donors (Lipinski definition) is 1. The number of ether oxygens (including phenoxy) is 1. The summed E-state index contributed by atoms with van der Waals surface area (Å²) in [4.78, 5) is 18.9. The Balaban J connectivity index is 1.40. The van der Waals surface area contributed by atoms with E-state index in [1.54, 1.807) is 48.5 Å². The fourth-order valence-electron chi connectivity index (χ4n) is 4.09. The van der Waals surface area contributed by atoms with Crippen molar-refractivity contribution in [2.75, 3.05) is 38.1 Å². The number of carbonyl (C=O) groups is 1. The zero-order valence-electron chi connectivity index (χ0n) is 18.2. The molecule has 0 atom stereocenters. The number of para-hydroxylation sites is 1. The van der Waals surface area contributed by atoms with E-state index >= 15 is 0 Å². The summed E-state index contributed by atoms with van der Waals surface area (Å²) in [5, 5.41) is 2.74. The Bertz CT molecular complexity index is 1040. The minimum Gasteiger partial charge on any atom is -0.492 e. The van der Waals surface area contributed by atoms with E-state index in [0.29, 0.717) is 29.2 Å². The average molecular weight is 457 g/mol. The van der Waals surface area contributed by atoms with E-state index in [1.807, 2.05) is 0 Å². The van der Waals surface area contributed by atoms with E-state index in [1.165, 1.54) is 19.3 Å². The van der Waals surface area contributed by atoms with E-state index in [9.17, 15) is 18.0 Å². The molecule has 0 aromatic heterocycles. The third kappa shape index (κ3) is 5.82. The third-order valence-corrected chi connectivity index (χ3v) is 5.84. The lowest BCUT2D eigenvalue weighted by Gasteiger charge is -2.26. The number of carbonyl (C=O) groups excluding carboxylic acids is 1. The number of aliphatic imine (C=N–C) groups is 1. The van der Waals surface area contributed by atoms with Gasteiger partial charge in [-0.3, -0.25) is 14.7 Å². The first-order chi connectivity index (χ1) is 15.9. The highest BCUT2D eigenvalue weighted by molar-refractivity contribution is 6.07. The molecule has 2 heterocycles. The molecule has 2 aromatic rings. The summed E-state index contributed by atoms with van der Waals surface area (Å²) in [6, 6.07) is 13.2. The van der Waals surface area contributed by atoms with Crippen LogP contribution >= 0.6 is 0 Å². The van der Waals surface area contributed by atoms with Crippen LogP contribution in [0.2, 0.25) is 0 Å². The van der Waals surface area contributed by atoms with Gasteiger partial charge in [-0.1, -0.05) is 24.6 Å². The molecule has 1 amide bonds. The van der Waals surface area contributed by atoms with E-state index in [4.69, 9.17) is 4.74 Å². The number of hydrogen-bond acceptors (Lipinski definition) is 4. The number of nitrogens with zero attached hydrogens (tertiary/aromatic N) is 2. The van der Waals surface area contributed by atoms with E-state index < -0.39 is 17.7 Å². The first-order valence-electron chi connectivity index (χ1n) is 11.1. The normalized spacial score (nSPS) is 16.8. The first-order valence-corrected chi connectivity index (χ1v) is 11.1. The van der Waals surface area contributed by atoms with Crippen LogP contribution in [0.4, 0.5) is 18.9 Å². The largest absolute Gasteiger partial charge is 0.492 e. The Morgan fingerprint density at radius 1 is 1.03 bits per heavy atom. The maximum absolute atomic E-state index is 13.3. The summed E-state index contributed by atoms with van der Waals surface area (Å²) < 4.78 is 45.8. The number of benzene rings is 2. The molecule has 2 aliphatic rings. The molecule has 0 saturated carbocycles. The number of amides is 1. The molecular formula is C25H26F3N3O2. The van der Waals surface area contributed by atoms with Crippen LogP contribution in [0.5, 0.6) is 5.75 Å². The predicted octanol–water partition coefficient (Wildman–Crippen LogP) is 5.20. The Kier molecular flexibility index (Phi) is 7.13. The number of halogens is 3. The van der Waals surface area contributed by atoms with Crippen LogP contribution in [0.3, 0.4) is 0 Å². The Morgan fingerprint density at radius 3 is 2.48 bits per heavy atom. The molecule has 8 heteroatoms. The van der Waals surface area contributed by atoms with Gasteiger partial charge < -0.3 is 10.1 Å². The summed E-state index contributed by atoms with van der Waals surface area (Å²) in [5.74, 6) is 0.266. The molecule has 33 heavy (non-hydrogen) atoms. The minimum absolute atomic E-state index is 0.0517. The lowest BCUT2D eigenvalue weighted by atomic mass is 9.99. The average Bonchev–Trinajstić information content (AvgIpc) is 3.31. The summed E-state index contributed by atoms with van der Waals surface area (Å²) in [7, 11) is 0. The number of allylic oxidation sites excluding steroid dienone is 1. The number of piperidine rings is 1. The van der Waals surface area contributed by atoms with Gasteiger partial charge in [0.05, 0.1) is 12.1 Å². The molecule has 5 nitrogen and oxygen atoms in total. The highest BCUT2D eigenvalue weighted by Gasteiger charge is 2.37. The van der Waals surface area contributed by atoms with Crippen molar-refractivity contribution in [1.82, 2.24) is 4.90 Å². The van der Waals surface area contributed by atoms with Crippen molar-refractivity contribution in [2.24, 2.45) is 4.99 Å². The van der Waals surface area contributed by atoms with Gasteiger partial charge in [-0.15, -0.1) is 0 Å². The van der Waals surface area contributed by atoms with Crippen LogP contribution in [0.25, 0.3) is 5.57 Å². The molecule has 4 rings (SSSR count). The van der Waals surface area contributed by atoms with Gasteiger partial charge in [0.25, 0.3) is 5.91 Å². The number of nitrogens with one attached hydrogen (secondary N) is 1. The van der Waals surface area contributed by atoms with Crippen LogP contribution in [0.1, 0.15) is 35.2 Å². The third-order valence-electron chi connectivity index (χ3n) is 5.84. The standard InChI is InChI=1S/C25H26F3N3O2/c26-25(27,28)22-17-29-16-21(22)20-6-2-3-7-23(20)30-24(32)18-8-10-19(11-9-18)33-15-14-31-12-4-1-5-13-31/h2-3,6-11,17H,1,4-5,12-16H2,(H,30,32). The molecule has 1 saturated heterocycles. The summed E-state index contributed by atoms with van der Waals surface area (Å²) in [5.41, 5.74) is 0.284. The Morgan fingerprint density at radius 2 is 1.76 bits per heavy atom. The first kappa shape index (κ1) is 23.0. The van der Waals surface area contributed by atoms with Gasteiger partial charge in [-0.25, -0.2) is 0 Å². The molecule has 0 aliphatic carbocycles. The molecular weight excluding hydrogens is 431 g/mol. The van der Waals surface area contributed by atoms with Crippen molar-refractivity contribution in [1.29, 1.82) is 0 Å². The van der Waals surface area contributed by atoms with Gasteiger partial charge in [0.2, 0.25) is 0 Å². The van der Waals surface area contributed by atoms with Crippen molar-refractivity contribution in [3.63, 3.8) is 0 Å². The molecule has 0 radical (unpaired) electrons. The van der Waals surface area contributed by atoms with Crippen molar-refractivity contribution in [2.45, 2.75) is 25.4 Å².